The second kappa shape index (κ2) is 10.2. The fourth-order valence-corrected chi connectivity index (χ4v) is 3.15. The highest BCUT2D eigenvalue weighted by Gasteiger charge is 2.19. The van der Waals surface area contributed by atoms with Crippen LogP contribution in [0.2, 0.25) is 0 Å². The predicted molar refractivity (Wildman–Crippen MR) is 121 cm³/mol. The molecule has 32 heavy (non-hydrogen) atoms. The number of carbonyl (C=O) groups is 1. The van der Waals surface area contributed by atoms with Gasteiger partial charge in [-0.15, -0.1) is 0 Å². The number of nitrogens with zero attached hydrogens (tertiary/aromatic N) is 3. The van der Waals surface area contributed by atoms with Crippen LogP contribution in [0.25, 0.3) is 11.4 Å². The average Bonchev–Trinajstić information content (AvgIpc) is 2.84. The molecule has 160 valence electrons. The molecule has 1 unspecified atom stereocenters. The zero-order chi connectivity index (χ0) is 22.2. The van der Waals surface area contributed by atoms with Crippen LogP contribution in [0.5, 0.6) is 5.75 Å². The number of benzene rings is 3. The largest absolute Gasteiger partial charge is 0.489 e. The van der Waals surface area contributed by atoms with E-state index >= 15 is 0 Å². The number of carboxylic acids is 1. The summed E-state index contributed by atoms with van der Waals surface area (Å²) in [5.41, 5.74) is 2.78. The molecule has 0 fully saturated rings. The third-order valence-corrected chi connectivity index (χ3v) is 4.82. The third-order valence-electron chi connectivity index (χ3n) is 4.82. The van der Waals surface area contributed by atoms with Gasteiger partial charge in [0, 0.05) is 12.0 Å². The van der Waals surface area contributed by atoms with E-state index in [-0.39, 0.29) is 5.95 Å². The Kier molecular flexibility index (Phi) is 6.67. The van der Waals surface area contributed by atoms with E-state index in [1.165, 1.54) is 6.33 Å². The smallest absolute Gasteiger partial charge is 0.326 e. The van der Waals surface area contributed by atoms with Crippen molar-refractivity contribution in [2.24, 2.45) is 0 Å². The minimum absolute atomic E-state index is 0.211. The van der Waals surface area contributed by atoms with Gasteiger partial charge in [0.25, 0.3) is 0 Å². The standard InChI is InChI=1S/C25H22N4O3/c30-24(31)22(15-18-7-3-1-4-8-18)28-25-27-17-26-23(29-25)20-11-13-21(14-12-20)32-16-19-9-5-2-6-10-19/h1-14,17,22H,15-16H2,(H,30,31)(H,26,27,28,29). The Labute approximate surface area is 185 Å². The van der Waals surface area contributed by atoms with Crippen LogP contribution in [0.15, 0.2) is 91.3 Å². The van der Waals surface area contributed by atoms with Crippen LogP contribution in [0.4, 0.5) is 5.95 Å². The summed E-state index contributed by atoms with van der Waals surface area (Å²) in [6.07, 6.45) is 1.68. The number of nitrogens with one attached hydrogen (secondary N) is 1. The number of aromatic nitrogens is 3. The van der Waals surface area contributed by atoms with Crippen molar-refractivity contribution in [3.05, 3.63) is 102 Å². The highest BCUT2D eigenvalue weighted by molar-refractivity contribution is 5.77. The first-order chi connectivity index (χ1) is 15.7. The van der Waals surface area contributed by atoms with E-state index in [1.807, 2.05) is 84.9 Å². The lowest BCUT2D eigenvalue weighted by Crippen LogP contribution is -2.32. The molecule has 3 aromatic carbocycles. The number of hydrogen-bond acceptors (Lipinski definition) is 6. The molecule has 4 aromatic rings. The molecule has 0 amide bonds. The molecular formula is C25H22N4O3. The Morgan fingerprint density at radius 2 is 1.53 bits per heavy atom. The predicted octanol–water partition coefficient (Wildman–Crippen LogP) is 4.23. The number of hydrogen-bond donors (Lipinski definition) is 2. The number of rotatable bonds is 9. The fraction of sp³-hybridized carbons (Fsp3) is 0.120. The van der Waals surface area contributed by atoms with Crippen LogP contribution >= 0.6 is 0 Å². The molecule has 1 aromatic heterocycles. The van der Waals surface area contributed by atoms with Gasteiger partial charge in [-0.2, -0.15) is 4.98 Å². The quantitative estimate of drug-likeness (QED) is 0.413. The molecule has 0 spiro atoms. The maximum Gasteiger partial charge on any atom is 0.326 e. The van der Waals surface area contributed by atoms with E-state index in [2.05, 4.69) is 20.3 Å². The number of carboxylic acid groups (broad SMARTS) is 1. The lowest BCUT2D eigenvalue weighted by Gasteiger charge is -2.14. The highest BCUT2D eigenvalue weighted by atomic mass is 16.5. The van der Waals surface area contributed by atoms with E-state index in [1.54, 1.807) is 0 Å². The molecule has 7 heteroatoms. The van der Waals surface area contributed by atoms with Crippen molar-refractivity contribution in [2.75, 3.05) is 5.32 Å². The second-order valence-electron chi connectivity index (χ2n) is 7.16. The first kappa shape index (κ1) is 21.0. The van der Waals surface area contributed by atoms with Crippen molar-refractivity contribution >= 4 is 11.9 Å². The summed E-state index contributed by atoms with van der Waals surface area (Å²) in [6.45, 7) is 0.484. The van der Waals surface area contributed by atoms with E-state index in [0.29, 0.717) is 18.9 Å². The second-order valence-corrected chi connectivity index (χ2v) is 7.16. The van der Waals surface area contributed by atoms with Crippen LogP contribution < -0.4 is 10.1 Å². The van der Waals surface area contributed by atoms with Gasteiger partial charge < -0.3 is 15.2 Å². The summed E-state index contributed by atoms with van der Waals surface area (Å²) in [5, 5.41) is 12.5. The van der Waals surface area contributed by atoms with Crippen LogP contribution in [0, 0.1) is 0 Å². The lowest BCUT2D eigenvalue weighted by atomic mass is 10.1. The maximum atomic E-state index is 11.7. The van der Waals surface area contributed by atoms with Gasteiger partial charge in [-0.1, -0.05) is 60.7 Å². The summed E-state index contributed by atoms with van der Waals surface area (Å²) in [6, 6.07) is 25.9. The van der Waals surface area contributed by atoms with Crippen molar-refractivity contribution in [1.29, 1.82) is 0 Å². The number of aliphatic carboxylic acids is 1. The summed E-state index contributed by atoms with van der Waals surface area (Å²) in [4.78, 5) is 24.4. The SMILES string of the molecule is O=C(O)C(Cc1ccccc1)Nc1ncnc(-c2ccc(OCc3ccccc3)cc2)n1. The van der Waals surface area contributed by atoms with Gasteiger partial charge in [-0.25, -0.2) is 14.8 Å². The molecule has 1 atom stereocenters. The fourth-order valence-electron chi connectivity index (χ4n) is 3.15. The maximum absolute atomic E-state index is 11.7. The molecule has 1 heterocycles. The molecule has 4 rings (SSSR count). The Hall–Kier alpha value is -4.26. The molecule has 0 aliphatic heterocycles. The zero-order valence-corrected chi connectivity index (χ0v) is 17.3. The Balaban J connectivity index is 1.43. The van der Waals surface area contributed by atoms with Crippen LogP contribution in [-0.2, 0) is 17.8 Å². The molecule has 0 bridgehead atoms. The zero-order valence-electron chi connectivity index (χ0n) is 17.3. The van der Waals surface area contributed by atoms with Crippen LogP contribution in [-0.4, -0.2) is 32.1 Å². The minimum atomic E-state index is -0.976. The first-order valence-electron chi connectivity index (χ1n) is 10.2. The average molecular weight is 426 g/mol. The van der Waals surface area contributed by atoms with Gasteiger partial charge in [0.15, 0.2) is 5.82 Å². The monoisotopic (exact) mass is 426 g/mol. The van der Waals surface area contributed by atoms with E-state index < -0.39 is 12.0 Å². The van der Waals surface area contributed by atoms with Crippen LogP contribution in [0.1, 0.15) is 11.1 Å². The number of anilines is 1. The molecule has 0 aliphatic carbocycles. The minimum Gasteiger partial charge on any atom is -0.489 e. The van der Waals surface area contributed by atoms with Crippen LogP contribution in [0.3, 0.4) is 0 Å². The van der Waals surface area contributed by atoms with Crippen molar-refractivity contribution in [1.82, 2.24) is 15.0 Å². The lowest BCUT2D eigenvalue weighted by molar-refractivity contribution is -0.137. The van der Waals surface area contributed by atoms with Crippen molar-refractivity contribution < 1.29 is 14.6 Å². The van der Waals surface area contributed by atoms with Gasteiger partial charge in [-0.3, -0.25) is 0 Å². The molecule has 0 saturated heterocycles. The normalized spacial score (nSPS) is 11.5. The molecule has 7 nitrogen and oxygen atoms in total. The summed E-state index contributed by atoms with van der Waals surface area (Å²) in [5.74, 6) is 0.415. The summed E-state index contributed by atoms with van der Waals surface area (Å²) >= 11 is 0. The first-order valence-corrected chi connectivity index (χ1v) is 10.2. The summed E-state index contributed by atoms with van der Waals surface area (Å²) < 4.78 is 5.81. The third kappa shape index (κ3) is 5.66. The van der Waals surface area contributed by atoms with E-state index in [9.17, 15) is 9.90 Å². The van der Waals surface area contributed by atoms with Gasteiger partial charge in [0.05, 0.1) is 0 Å². The summed E-state index contributed by atoms with van der Waals surface area (Å²) in [7, 11) is 0. The Bertz CT molecular complexity index is 1150. The van der Waals surface area contributed by atoms with Gasteiger partial charge >= 0.3 is 5.97 Å². The number of ether oxygens (including phenoxy) is 1. The van der Waals surface area contributed by atoms with Crippen molar-refractivity contribution in [3.63, 3.8) is 0 Å². The Morgan fingerprint density at radius 3 is 2.19 bits per heavy atom. The molecule has 0 radical (unpaired) electrons. The van der Waals surface area contributed by atoms with E-state index in [4.69, 9.17) is 4.74 Å². The molecular weight excluding hydrogens is 404 g/mol. The van der Waals surface area contributed by atoms with Crippen molar-refractivity contribution in [3.8, 4) is 17.1 Å². The molecule has 0 aliphatic rings. The van der Waals surface area contributed by atoms with Crippen molar-refractivity contribution in [2.45, 2.75) is 19.1 Å². The van der Waals surface area contributed by atoms with E-state index in [0.717, 1.165) is 22.4 Å². The molecule has 0 saturated carbocycles. The van der Waals surface area contributed by atoms with Gasteiger partial charge in [-0.05, 0) is 35.4 Å². The molecule has 2 N–H and O–H groups in total. The van der Waals surface area contributed by atoms with Gasteiger partial charge in [0.2, 0.25) is 5.95 Å². The highest BCUT2D eigenvalue weighted by Crippen LogP contribution is 2.21. The van der Waals surface area contributed by atoms with Gasteiger partial charge in [0.1, 0.15) is 24.7 Å². The topological polar surface area (TPSA) is 97.2 Å². The Morgan fingerprint density at radius 1 is 0.875 bits per heavy atom.